The Hall–Kier alpha value is -0.120. The van der Waals surface area contributed by atoms with Crippen LogP contribution in [-0.4, -0.2) is 49.8 Å². The Morgan fingerprint density at radius 2 is 2.12 bits per heavy atom. The van der Waals surface area contributed by atoms with E-state index in [9.17, 15) is 0 Å². The van der Waals surface area contributed by atoms with Crippen molar-refractivity contribution < 1.29 is 4.74 Å². The second-order valence-corrected chi connectivity index (χ2v) is 6.46. The third-order valence-corrected chi connectivity index (χ3v) is 3.78. The summed E-state index contributed by atoms with van der Waals surface area (Å²) in [5.41, 5.74) is 0.373. The molecule has 0 aromatic heterocycles. The van der Waals surface area contributed by atoms with Crippen LogP contribution in [0.15, 0.2) is 0 Å². The molecule has 0 aromatic carbocycles. The number of nitrogens with one attached hydrogen (secondary N) is 1. The zero-order chi connectivity index (χ0) is 12.3. The monoisotopic (exact) mass is 240 g/mol. The summed E-state index contributed by atoms with van der Waals surface area (Å²) in [5.74, 6) is 0. The maximum absolute atomic E-state index is 5.72. The van der Waals surface area contributed by atoms with Gasteiger partial charge in [-0.2, -0.15) is 0 Å². The Morgan fingerprint density at radius 3 is 2.76 bits per heavy atom. The van der Waals surface area contributed by atoms with Crippen LogP contribution in [0.3, 0.4) is 0 Å². The fourth-order valence-electron chi connectivity index (χ4n) is 2.54. The van der Waals surface area contributed by atoms with Crippen LogP contribution in [0.2, 0.25) is 0 Å². The van der Waals surface area contributed by atoms with Gasteiger partial charge in [0.1, 0.15) is 0 Å². The van der Waals surface area contributed by atoms with Crippen LogP contribution >= 0.6 is 0 Å². The first kappa shape index (κ1) is 13.3. The predicted octanol–water partition coefficient (Wildman–Crippen LogP) is 1.88. The minimum Gasteiger partial charge on any atom is -0.376 e. The topological polar surface area (TPSA) is 24.5 Å². The van der Waals surface area contributed by atoms with Crippen LogP contribution in [-0.2, 0) is 4.74 Å². The van der Waals surface area contributed by atoms with E-state index in [0.717, 1.165) is 38.7 Å². The van der Waals surface area contributed by atoms with Gasteiger partial charge in [0.15, 0.2) is 0 Å². The van der Waals surface area contributed by atoms with Crippen molar-refractivity contribution in [3.8, 4) is 0 Å². The number of hydrogen-bond donors (Lipinski definition) is 1. The fourth-order valence-corrected chi connectivity index (χ4v) is 2.54. The number of rotatable bonds is 6. The molecule has 100 valence electrons. The van der Waals surface area contributed by atoms with E-state index in [1.165, 1.54) is 19.4 Å². The average molecular weight is 240 g/mol. The van der Waals surface area contributed by atoms with E-state index in [0.29, 0.717) is 11.5 Å². The van der Waals surface area contributed by atoms with Gasteiger partial charge in [-0.05, 0) is 24.7 Å². The summed E-state index contributed by atoms with van der Waals surface area (Å²) in [4.78, 5) is 2.58. The molecule has 1 heterocycles. The summed E-state index contributed by atoms with van der Waals surface area (Å²) in [7, 11) is 0. The van der Waals surface area contributed by atoms with Crippen LogP contribution in [0.5, 0.6) is 0 Å². The molecule has 0 bridgehead atoms. The summed E-state index contributed by atoms with van der Waals surface area (Å²) >= 11 is 0. The molecule has 2 fully saturated rings. The SMILES string of the molecule is CCC1CN(CC(C)(C)CNC2CC2)CCO1. The third kappa shape index (κ3) is 4.57. The Bertz CT molecular complexity index is 238. The molecule has 0 radical (unpaired) electrons. The minimum atomic E-state index is 0.373. The summed E-state index contributed by atoms with van der Waals surface area (Å²) in [6.45, 7) is 12.4. The largest absolute Gasteiger partial charge is 0.376 e. The molecule has 17 heavy (non-hydrogen) atoms. The van der Waals surface area contributed by atoms with Crippen molar-refractivity contribution in [1.82, 2.24) is 10.2 Å². The Labute approximate surface area is 106 Å². The van der Waals surface area contributed by atoms with Crippen LogP contribution in [0.4, 0.5) is 0 Å². The van der Waals surface area contributed by atoms with Crippen LogP contribution in [0.25, 0.3) is 0 Å². The molecule has 1 N–H and O–H groups in total. The van der Waals surface area contributed by atoms with E-state index in [4.69, 9.17) is 4.74 Å². The third-order valence-electron chi connectivity index (χ3n) is 3.78. The molecule has 1 aliphatic heterocycles. The van der Waals surface area contributed by atoms with E-state index < -0.39 is 0 Å². The predicted molar refractivity (Wildman–Crippen MR) is 71.3 cm³/mol. The Balaban J connectivity index is 1.73. The molecule has 0 spiro atoms. The van der Waals surface area contributed by atoms with Gasteiger partial charge in [0, 0.05) is 32.2 Å². The fraction of sp³-hybridized carbons (Fsp3) is 1.00. The first-order valence-corrected chi connectivity index (χ1v) is 7.16. The summed E-state index contributed by atoms with van der Waals surface area (Å²) in [5, 5.41) is 3.65. The quantitative estimate of drug-likeness (QED) is 0.767. The second kappa shape index (κ2) is 5.68. The second-order valence-electron chi connectivity index (χ2n) is 6.46. The first-order chi connectivity index (χ1) is 8.09. The molecule has 2 aliphatic rings. The van der Waals surface area contributed by atoms with E-state index in [1.807, 2.05) is 0 Å². The van der Waals surface area contributed by atoms with Gasteiger partial charge < -0.3 is 10.1 Å². The molecular formula is C14H28N2O. The van der Waals surface area contributed by atoms with E-state index >= 15 is 0 Å². The van der Waals surface area contributed by atoms with E-state index in [-0.39, 0.29) is 0 Å². The molecule has 3 heteroatoms. The smallest absolute Gasteiger partial charge is 0.0700 e. The lowest BCUT2D eigenvalue weighted by atomic mass is 9.92. The highest BCUT2D eigenvalue weighted by atomic mass is 16.5. The van der Waals surface area contributed by atoms with Crippen LogP contribution in [0.1, 0.15) is 40.0 Å². The molecule has 1 saturated carbocycles. The summed E-state index contributed by atoms with van der Waals surface area (Å²) < 4.78 is 5.72. The van der Waals surface area contributed by atoms with Gasteiger partial charge in [0.05, 0.1) is 12.7 Å². The van der Waals surface area contributed by atoms with E-state index in [1.54, 1.807) is 0 Å². The summed E-state index contributed by atoms with van der Waals surface area (Å²) in [6, 6.07) is 0.822. The Kier molecular flexibility index (Phi) is 4.45. The van der Waals surface area contributed by atoms with Gasteiger partial charge in [-0.15, -0.1) is 0 Å². The lowest BCUT2D eigenvalue weighted by molar-refractivity contribution is -0.0394. The first-order valence-electron chi connectivity index (χ1n) is 7.16. The van der Waals surface area contributed by atoms with Crippen molar-refractivity contribution in [1.29, 1.82) is 0 Å². The zero-order valence-corrected chi connectivity index (χ0v) is 11.7. The lowest BCUT2D eigenvalue weighted by Crippen LogP contribution is -2.48. The molecule has 3 nitrogen and oxygen atoms in total. The highest BCUT2D eigenvalue weighted by Crippen LogP contribution is 2.23. The maximum Gasteiger partial charge on any atom is 0.0700 e. The average Bonchev–Trinajstić information content (AvgIpc) is 3.10. The number of nitrogens with zero attached hydrogens (tertiary/aromatic N) is 1. The van der Waals surface area contributed by atoms with Crippen molar-refractivity contribution in [2.24, 2.45) is 5.41 Å². The van der Waals surface area contributed by atoms with E-state index in [2.05, 4.69) is 31.0 Å². The van der Waals surface area contributed by atoms with Crippen molar-refractivity contribution in [2.75, 3.05) is 32.8 Å². The zero-order valence-electron chi connectivity index (χ0n) is 11.7. The number of ether oxygens (including phenoxy) is 1. The highest BCUT2D eigenvalue weighted by molar-refractivity contribution is 4.86. The van der Waals surface area contributed by atoms with Crippen molar-refractivity contribution in [3.63, 3.8) is 0 Å². The summed E-state index contributed by atoms with van der Waals surface area (Å²) in [6.07, 6.45) is 4.35. The van der Waals surface area contributed by atoms with Crippen LogP contribution < -0.4 is 5.32 Å². The number of hydrogen-bond acceptors (Lipinski definition) is 3. The molecule has 0 aromatic rings. The van der Waals surface area contributed by atoms with Crippen LogP contribution in [0, 0.1) is 5.41 Å². The molecule has 1 aliphatic carbocycles. The van der Waals surface area contributed by atoms with Gasteiger partial charge in [-0.1, -0.05) is 20.8 Å². The molecular weight excluding hydrogens is 212 g/mol. The molecule has 1 unspecified atom stereocenters. The van der Waals surface area contributed by atoms with Gasteiger partial charge in [0.25, 0.3) is 0 Å². The molecule has 1 atom stereocenters. The molecule has 0 amide bonds. The van der Waals surface area contributed by atoms with Crippen molar-refractivity contribution >= 4 is 0 Å². The van der Waals surface area contributed by atoms with Crippen molar-refractivity contribution in [3.05, 3.63) is 0 Å². The normalized spacial score (nSPS) is 27.4. The maximum atomic E-state index is 5.72. The lowest BCUT2D eigenvalue weighted by Gasteiger charge is -2.38. The van der Waals surface area contributed by atoms with Crippen molar-refractivity contribution in [2.45, 2.75) is 52.2 Å². The van der Waals surface area contributed by atoms with Gasteiger partial charge in [0.2, 0.25) is 0 Å². The van der Waals surface area contributed by atoms with Gasteiger partial charge in [-0.3, -0.25) is 4.90 Å². The van der Waals surface area contributed by atoms with Gasteiger partial charge in [-0.25, -0.2) is 0 Å². The highest BCUT2D eigenvalue weighted by Gasteiger charge is 2.28. The van der Waals surface area contributed by atoms with Gasteiger partial charge >= 0.3 is 0 Å². The number of morpholine rings is 1. The standard InChI is InChI=1S/C14H28N2O/c1-4-13-9-16(7-8-17-13)11-14(2,3)10-15-12-5-6-12/h12-13,15H,4-11H2,1-3H3. The molecule has 1 saturated heterocycles. The Morgan fingerprint density at radius 1 is 1.35 bits per heavy atom. The minimum absolute atomic E-state index is 0.373. The molecule has 2 rings (SSSR count).